The molecule has 22 heavy (non-hydrogen) atoms. The molecule has 6 nitrogen and oxygen atoms in total. The van der Waals surface area contributed by atoms with E-state index < -0.39 is 0 Å². The molecule has 0 saturated heterocycles. The number of ether oxygens (including phenoxy) is 1. The molecule has 0 aliphatic heterocycles. The van der Waals surface area contributed by atoms with E-state index in [1.807, 2.05) is 24.3 Å². The molecule has 116 valence electrons. The van der Waals surface area contributed by atoms with Gasteiger partial charge in [-0.05, 0) is 36.5 Å². The maximum atomic E-state index is 12.2. The summed E-state index contributed by atoms with van der Waals surface area (Å²) in [5.74, 6) is 1.42. The van der Waals surface area contributed by atoms with Gasteiger partial charge in [-0.2, -0.15) is 5.10 Å². The molecule has 6 heteroatoms. The van der Waals surface area contributed by atoms with Crippen LogP contribution in [0.15, 0.2) is 36.9 Å². The molecule has 0 spiro atoms. The minimum absolute atomic E-state index is 0.0446. The second-order valence-electron chi connectivity index (χ2n) is 5.56. The molecule has 0 radical (unpaired) electrons. The van der Waals surface area contributed by atoms with Crippen LogP contribution in [-0.2, 0) is 11.3 Å². The van der Waals surface area contributed by atoms with Gasteiger partial charge in [0.25, 0.3) is 0 Å². The summed E-state index contributed by atoms with van der Waals surface area (Å²) in [4.78, 5) is 16.1. The molecule has 0 bridgehead atoms. The van der Waals surface area contributed by atoms with Crippen LogP contribution in [0.5, 0.6) is 5.75 Å². The number of nitrogens with one attached hydrogen (secondary N) is 1. The number of nitrogens with zero attached hydrogens (tertiary/aromatic N) is 3. The molecule has 1 aliphatic rings. The molecule has 0 unspecified atom stereocenters. The first-order chi connectivity index (χ1) is 10.8. The Morgan fingerprint density at radius 1 is 1.41 bits per heavy atom. The monoisotopic (exact) mass is 300 g/mol. The number of carbonyl (C=O) groups excluding carboxylic acids is 1. The Balaban J connectivity index is 1.60. The first kappa shape index (κ1) is 14.6. The van der Waals surface area contributed by atoms with Crippen molar-refractivity contribution in [2.24, 2.45) is 5.92 Å². The molecule has 3 rings (SSSR count). The zero-order valence-corrected chi connectivity index (χ0v) is 12.6. The van der Waals surface area contributed by atoms with E-state index in [9.17, 15) is 4.79 Å². The molecule has 1 saturated carbocycles. The van der Waals surface area contributed by atoms with Crippen LogP contribution in [0, 0.1) is 5.92 Å². The van der Waals surface area contributed by atoms with Crippen molar-refractivity contribution in [3.63, 3.8) is 0 Å². The van der Waals surface area contributed by atoms with E-state index in [1.54, 1.807) is 18.1 Å². The van der Waals surface area contributed by atoms with Crippen molar-refractivity contribution in [3.05, 3.63) is 42.5 Å². The van der Waals surface area contributed by atoms with Crippen LogP contribution >= 0.6 is 0 Å². The summed E-state index contributed by atoms with van der Waals surface area (Å²) in [5, 5.41) is 7.16. The van der Waals surface area contributed by atoms with Gasteiger partial charge in [-0.15, -0.1) is 0 Å². The lowest BCUT2D eigenvalue weighted by molar-refractivity contribution is -0.122. The van der Waals surface area contributed by atoms with Crippen LogP contribution in [0.1, 0.15) is 30.9 Å². The molecular weight excluding hydrogens is 280 g/mol. The Bertz CT molecular complexity index is 606. The van der Waals surface area contributed by atoms with E-state index in [0.717, 1.165) is 11.3 Å². The zero-order chi connectivity index (χ0) is 15.4. The summed E-state index contributed by atoms with van der Waals surface area (Å²) >= 11 is 0. The molecule has 1 aromatic heterocycles. The summed E-state index contributed by atoms with van der Waals surface area (Å²) < 4.78 is 6.85. The van der Waals surface area contributed by atoms with Gasteiger partial charge in [0.15, 0.2) is 0 Å². The van der Waals surface area contributed by atoms with Gasteiger partial charge in [-0.25, -0.2) is 4.98 Å². The molecule has 1 heterocycles. The third kappa shape index (κ3) is 3.63. The lowest BCUT2D eigenvalue weighted by atomic mass is 10.0. The van der Waals surface area contributed by atoms with Crippen molar-refractivity contribution in [2.75, 3.05) is 7.11 Å². The largest absolute Gasteiger partial charge is 0.497 e. The molecule has 1 amide bonds. The molecule has 1 aromatic carbocycles. The Hall–Kier alpha value is -2.37. The van der Waals surface area contributed by atoms with E-state index in [0.29, 0.717) is 18.9 Å². The van der Waals surface area contributed by atoms with Crippen LogP contribution in [0.2, 0.25) is 0 Å². The number of aromatic nitrogens is 3. The number of aryl methyl sites for hydroxylation is 1. The van der Waals surface area contributed by atoms with Gasteiger partial charge in [0, 0.05) is 6.42 Å². The second kappa shape index (κ2) is 6.60. The van der Waals surface area contributed by atoms with Crippen LogP contribution < -0.4 is 10.1 Å². The second-order valence-corrected chi connectivity index (χ2v) is 5.56. The van der Waals surface area contributed by atoms with E-state index in [1.165, 1.54) is 19.2 Å². The van der Waals surface area contributed by atoms with Gasteiger partial charge < -0.3 is 10.1 Å². The Kier molecular flexibility index (Phi) is 4.37. The predicted molar refractivity (Wildman–Crippen MR) is 81.2 cm³/mol. The van der Waals surface area contributed by atoms with Crippen LogP contribution in [0.3, 0.4) is 0 Å². The van der Waals surface area contributed by atoms with Crippen molar-refractivity contribution < 1.29 is 9.53 Å². The molecular formula is C16H20N4O2. The number of amides is 1. The molecule has 2 aromatic rings. The first-order valence-corrected chi connectivity index (χ1v) is 7.52. The fourth-order valence-corrected chi connectivity index (χ4v) is 2.52. The first-order valence-electron chi connectivity index (χ1n) is 7.52. The fourth-order valence-electron chi connectivity index (χ4n) is 2.52. The number of hydrogen-bond acceptors (Lipinski definition) is 4. The van der Waals surface area contributed by atoms with Gasteiger partial charge in [-0.3, -0.25) is 9.48 Å². The maximum Gasteiger partial charge on any atom is 0.222 e. The van der Waals surface area contributed by atoms with E-state index in [2.05, 4.69) is 15.4 Å². The Labute approximate surface area is 129 Å². The van der Waals surface area contributed by atoms with E-state index in [-0.39, 0.29) is 11.9 Å². The normalized spacial score (nSPS) is 15.3. The highest BCUT2D eigenvalue weighted by Crippen LogP contribution is 2.41. The number of methoxy groups -OCH3 is 1. The smallest absolute Gasteiger partial charge is 0.222 e. The minimum atomic E-state index is 0.0446. The number of carbonyl (C=O) groups is 1. The standard InChI is InChI=1S/C16H20N4O2/c1-22-14-6-4-13(5-7-14)16(12-2-3-12)19-15(21)8-9-20-11-17-10-18-20/h4-7,10-12,16H,2-3,8-9H2,1H3,(H,19,21)/t16-/m0/s1. The minimum Gasteiger partial charge on any atom is -0.497 e. The van der Waals surface area contributed by atoms with Gasteiger partial charge in [0.05, 0.1) is 19.7 Å². The average molecular weight is 300 g/mol. The van der Waals surface area contributed by atoms with Crippen LogP contribution in [-0.4, -0.2) is 27.8 Å². The van der Waals surface area contributed by atoms with Crippen LogP contribution in [0.25, 0.3) is 0 Å². The van der Waals surface area contributed by atoms with Crippen LogP contribution in [0.4, 0.5) is 0 Å². The SMILES string of the molecule is COc1ccc([C@@H](NC(=O)CCn2cncn2)C2CC2)cc1. The topological polar surface area (TPSA) is 69.0 Å². The van der Waals surface area contributed by atoms with Crippen molar-refractivity contribution in [1.29, 1.82) is 0 Å². The maximum absolute atomic E-state index is 12.2. The number of rotatable bonds is 7. The summed E-state index contributed by atoms with van der Waals surface area (Å²) in [6.07, 6.45) is 5.83. The molecule has 1 aliphatic carbocycles. The highest BCUT2D eigenvalue weighted by molar-refractivity contribution is 5.76. The van der Waals surface area contributed by atoms with Crippen molar-refractivity contribution in [2.45, 2.75) is 31.8 Å². The number of benzene rings is 1. The third-order valence-electron chi connectivity index (χ3n) is 3.92. The van der Waals surface area contributed by atoms with Gasteiger partial charge >= 0.3 is 0 Å². The van der Waals surface area contributed by atoms with Gasteiger partial charge in [0.2, 0.25) is 5.91 Å². The zero-order valence-electron chi connectivity index (χ0n) is 12.6. The molecule has 1 atom stereocenters. The summed E-state index contributed by atoms with van der Waals surface area (Å²) in [7, 11) is 1.65. The van der Waals surface area contributed by atoms with Gasteiger partial charge in [0.1, 0.15) is 18.4 Å². The lowest BCUT2D eigenvalue weighted by Crippen LogP contribution is -2.30. The van der Waals surface area contributed by atoms with Crippen molar-refractivity contribution >= 4 is 5.91 Å². The quantitative estimate of drug-likeness (QED) is 0.848. The lowest BCUT2D eigenvalue weighted by Gasteiger charge is -2.19. The van der Waals surface area contributed by atoms with Crippen molar-refractivity contribution in [3.8, 4) is 5.75 Å². The average Bonchev–Trinajstić information content (AvgIpc) is 3.26. The highest BCUT2D eigenvalue weighted by atomic mass is 16.5. The van der Waals surface area contributed by atoms with E-state index in [4.69, 9.17) is 4.74 Å². The summed E-state index contributed by atoms with van der Waals surface area (Å²) in [5.41, 5.74) is 1.14. The van der Waals surface area contributed by atoms with Crippen molar-refractivity contribution in [1.82, 2.24) is 20.1 Å². The number of hydrogen-bond donors (Lipinski definition) is 1. The van der Waals surface area contributed by atoms with Gasteiger partial charge in [-0.1, -0.05) is 12.1 Å². The third-order valence-corrected chi connectivity index (χ3v) is 3.92. The highest BCUT2D eigenvalue weighted by Gasteiger charge is 2.33. The Morgan fingerprint density at radius 3 is 2.77 bits per heavy atom. The fraction of sp³-hybridized carbons (Fsp3) is 0.438. The summed E-state index contributed by atoms with van der Waals surface area (Å²) in [6, 6.07) is 8.02. The molecule has 1 N–H and O–H groups in total. The summed E-state index contributed by atoms with van der Waals surface area (Å²) in [6.45, 7) is 0.547. The Morgan fingerprint density at radius 2 is 2.18 bits per heavy atom. The molecule has 1 fully saturated rings. The van der Waals surface area contributed by atoms with E-state index >= 15 is 0 Å². The predicted octanol–water partition coefficient (Wildman–Crippen LogP) is 1.94.